The van der Waals surface area contributed by atoms with Gasteiger partial charge in [0.15, 0.2) is 6.23 Å². The highest BCUT2D eigenvalue weighted by molar-refractivity contribution is 5.66. The van der Waals surface area contributed by atoms with Gasteiger partial charge in [-0.25, -0.2) is 9.97 Å². The molecule has 1 aliphatic heterocycles. The molecule has 3 aromatic rings. The highest BCUT2D eigenvalue weighted by Crippen LogP contribution is 2.39. The molecule has 0 saturated heterocycles. The number of hydrogen-bond acceptors (Lipinski definition) is 5. The molecule has 7 nitrogen and oxygen atoms in total. The average Bonchev–Trinajstić information content (AvgIpc) is 3.41. The highest BCUT2D eigenvalue weighted by Gasteiger charge is 2.37. The summed E-state index contributed by atoms with van der Waals surface area (Å²) in [5, 5.41) is 11.0. The van der Waals surface area contributed by atoms with E-state index in [9.17, 15) is 5.11 Å². The van der Waals surface area contributed by atoms with E-state index in [0.29, 0.717) is 11.6 Å². The number of methoxy groups -OCH3 is 1. The number of aromatic amines is 1. The summed E-state index contributed by atoms with van der Waals surface area (Å²) in [5.74, 6) is 2.14. The van der Waals surface area contributed by atoms with Gasteiger partial charge in [0.1, 0.15) is 11.6 Å². The summed E-state index contributed by atoms with van der Waals surface area (Å²) in [4.78, 5) is 14.2. The van der Waals surface area contributed by atoms with Crippen molar-refractivity contribution in [3.63, 3.8) is 0 Å². The van der Waals surface area contributed by atoms with Crippen molar-refractivity contribution in [3.05, 3.63) is 54.5 Å². The zero-order valence-corrected chi connectivity index (χ0v) is 16.5. The second-order valence-corrected chi connectivity index (χ2v) is 7.33. The number of aliphatic hydroxyl groups is 1. The van der Waals surface area contributed by atoms with Crippen LogP contribution in [0.25, 0.3) is 11.3 Å². The van der Waals surface area contributed by atoms with E-state index in [1.807, 2.05) is 24.3 Å². The summed E-state index contributed by atoms with van der Waals surface area (Å²) in [6.45, 7) is 5.90. The first-order chi connectivity index (χ1) is 13.6. The Morgan fingerprint density at radius 2 is 2.14 bits per heavy atom. The van der Waals surface area contributed by atoms with Gasteiger partial charge in [0.25, 0.3) is 0 Å². The predicted molar refractivity (Wildman–Crippen MR) is 107 cm³/mol. The molecule has 0 aliphatic carbocycles. The van der Waals surface area contributed by atoms with Crippen LogP contribution >= 0.6 is 0 Å². The molecule has 148 valence electrons. The van der Waals surface area contributed by atoms with Crippen molar-refractivity contribution in [2.75, 3.05) is 13.7 Å². The Hall–Kier alpha value is -2.64. The van der Waals surface area contributed by atoms with Gasteiger partial charge in [0.05, 0.1) is 37.1 Å². The second-order valence-electron chi connectivity index (χ2n) is 7.33. The topological polar surface area (TPSA) is 79.2 Å². The molecule has 0 bridgehead atoms. The van der Waals surface area contributed by atoms with E-state index in [2.05, 4.69) is 39.5 Å². The number of imidazole rings is 2. The zero-order chi connectivity index (χ0) is 19.7. The van der Waals surface area contributed by atoms with Crippen molar-refractivity contribution < 1.29 is 9.84 Å². The van der Waals surface area contributed by atoms with Crippen molar-refractivity contribution in [1.29, 1.82) is 0 Å². The smallest absolute Gasteiger partial charge is 0.150 e. The van der Waals surface area contributed by atoms with Crippen molar-refractivity contribution in [3.8, 4) is 17.0 Å². The molecule has 0 amide bonds. The lowest BCUT2D eigenvalue weighted by Crippen LogP contribution is -2.43. The summed E-state index contributed by atoms with van der Waals surface area (Å²) in [6.07, 6.45) is 5.64. The van der Waals surface area contributed by atoms with Gasteiger partial charge in [-0.3, -0.25) is 4.90 Å². The van der Waals surface area contributed by atoms with Gasteiger partial charge in [0, 0.05) is 24.8 Å². The zero-order valence-electron chi connectivity index (χ0n) is 16.5. The Bertz CT molecular complexity index is 921. The maximum Gasteiger partial charge on any atom is 0.150 e. The summed E-state index contributed by atoms with van der Waals surface area (Å²) >= 11 is 0. The van der Waals surface area contributed by atoms with Crippen molar-refractivity contribution in [2.24, 2.45) is 5.92 Å². The minimum Gasteiger partial charge on any atom is -0.496 e. The van der Waals surface area contributed by atoms with Crippen LogP contribution in [0, 0.1) is 5.92 Å². The molecule has 3 heterocycles. The Balaban J connectivity index is 1.74. The van der Waals surface area contributed by atoms with Gasteiger partial charge >= 0.3 is 0 Å². The van der Waals surface area contributed by atoms with Crippen molar-refractivity contribution in [2.45, 2.75) is 39.1 Å². The van der Waals surface area contributed by atoms with Crippen LogP contribution in [0.3, 0.4) is 0 Å². The molecule has 1 aliphatic rings. The molecular weight excluding hydrogens is 354 g/mol. The number of H-pyrrole nitrogens is 1. The Morgan fingerprint density at radius 1 is 1.32 bits per heavy atom. The number of nitrogens with zero attached hydrogens (tertiary/aromatic N) is 4. The first-order valence-corrected chi connectivity index (χ1v) is 9.76. The summed E-state index contributed by atoms with van der Waals surface area (Å²) in [5.41, 5.74) is 2.59. The number of aliphatic hydroxyl groups excluding tert-OH is 1. The van der Waals surface area contributed by atoms with Crippen LogP contribution in [0.5, 0.6) is 5.75 Å². The number of benzene rings is 1. The van der Waals surface area contributed by atoms with E-state index < -0.39 is 6.23 Å². The first kappa shape index (κ1) is 18.7. The van der Waals surface area contributed by atoms with Gasteiger partial charge in [-0.15, -0.1) is 0 Å². The Labute approximate surface area is 165 Å². The molecule has 0 saturated carbocycles. The Kier molecular flexibility index (Phi) is 5.19. The third kappa shape index (κ3) is 3.21. The number of ether oxygens (including phenoxy) is 1. The van der Waals surface area contributed by atoms with Gasteiger partial charge in [-0.2, -0.15) is 0 Å². The van der Waals surface area contributed by atoms with Gasteiger partial charge < -0.3 is 19.4 Å². The molecule has 0 fully saturated rings. The average molecular weight is 381 g/mol. The van der Waals surface area contributed by atoms with Crippen LogP contribution in [0.15, 0.2) is 43.0 Å². The van der Waals surface area contributed by atoms with Crippen LogP contribution < -0.4 is 4.74 Å². The lowest BCUT2D eigenvalue weighted by Gasteiger charge is -2.41. The minimum absolute atomic E-state index is 0.0144. The maximum absolute atomic E-state index is 11.0. The molecular formula is C21H27N5O2. The standard InChI is InChI=1S/C21H27N5O2/c1-4-14(2)19-20-24-17(15-7-5-6-8-18(15)28-3)12-25(20)9-10-26(19)21(27)16-11-22-13-23-16/h5-8,11-14,19,21,27H,4,9-10H2,1-3H3,(H,22,23)/t14-,19-,21?/m0/s1. The summed E-state index contributed by atoms with van der Waals surface area (Å²) in [6, 6.07) is 7.96. The third-order valence-corrected chi connectivity index (χ3v) is 5.71. The minimum atomic E-state index is -0.735. The lowest BCUT2D eigenvalue weighted by atomic mass is 9.95. The van der Waals surface area contributed by atoms with Gasteiger partial charge in [-0.1, -0.05) is 32.4 Å². The van der Waals surface area contributed by atoms with E-state index in [1.165, 1.54) is 0 Å². The van der Waals surface area contributed by atoms with Gasteiger partial charge in [0.2, 0.25) is 0 Å². The number of rotatable bonds is 6. The molecule has 1 aromatic carbocycles. The van der Waals surface area contributed by atoms with Crippen molar-refractivity contribution in [1.82, 2.24) is 24.4 Å². The van der Waals surface area contributed by atoms with E-state index >= 15 is 0 Å². The lowest BCUT2D eigenvalue weighted by molar-refractivity contribution is -0.0610. The number of fused-ring (bicyclic) bond motifs is 1. The highest BCUT2D eigenvalue weighted by atomic mass is 16.5. The Morgan fingerprint density at radius 3 is 2.86 bits per heavy atom. The predicted octanol–water partition coefficient (Wildman–Crippen LogP) is 3.38. The molecule has 4 rings (SSSR count). The second kappa shape index (κ2) is 7.77. The molecule has 3 atom stereocenters. The SMILES string of the molecule is CC[C@H](C)[C@H]1c2nc(-c3ccccc3OC)cn2CCN1C(O)c1cnc[nH]1. The summed E-state index contributed by atoms with van der Waals surface area (Å²) < 4.78 is 7.74. The fraction of sp³-hybridized carbons (Fsp3) is 0.429. The van der Waals surface area contributed by atoms with Crippen LogP contribution in [0.2, 0.25) is 0 Å². The normalized spacial score (nSPS) is 19.2. The number of nitrogens with one attached hydrogen (secondary N) is 1. The van der Waals surface area contributed by atoms with Gasteiger partial charge in [-0.05, 0) is 18.1 Å². The number of para-hydroxylation sites is 1. The van der Waals surface area contributed by atoms with Crippen molar-refractivity contribution >= 4 is 0 Å². The molecule has 2 aromatic heterocycles. The van der Waals surface area contributed by atoms with E-state index in [0.717, 1.165) is 42.3 Å². The molecule has 0 radical (unpaired) electrons. The molecule has 1 unspecified atom stereocenters. The molecule has 0 spiro atoms. The molecule has 28 heavy (non-hydrogen) atoms. The van der Waals surface area contributed by atoms with Crippen LogP contribution in [0.4, 0.5) is 0 Å². The van der Waals surface area contributed by atoms with E-state index in [4.69, 9.17) is 9.72 Å². The number of aromatic nitrogens is 4. The first-order valence-electron chi connectivity index (χ1n) is 9.76. The molecule has 7 heteroatoms. The molecule has 2 N–H and O–H groups in total. The maximum atomic E-state index is 11.0. The number of hydrogen-bond donors (Lipinski definition) is 2. The third-order valence-electron chi connectivity index (χ3n) is 5.71. The van der Waals surface area contributed by atoms with Crippen LogP contribution in [-0.4, -0.2) is 43.2 Å². The van der Waals surface area contributed by atoms with Crippen LogP contribution in [-0.2, 0) is 6.54 Å². The van der Waals surface area contributed by atoms with E-state index in [-0.39, 0.29) is 6.04 Å². The quantitative estimate of drug-likeness (QED) is 0.684. The fourth-order valence-electron chi connectivity index (χ4n) is 4.01. The van der Waals surface area contributed by atoms with E-state index in [1.54, 1.807) is 19.6 Å². The monoisotopic (exact) mass is 381 g/mol. The summed E-state index contributed by atoms with van der Waals surface area (Å²) in [7, 11) is 1.68. The fourth-order valence-corrected chi connectivity index (χ4v) is 4.01. The van der Waals surface area contributed by atoms with Crippen LogP contribution in [0.1, 0.15) is 44.1 Å². The largest absolute Gasteiger partial charge is 0.496 e.